The maximum Gasteiger partial charge on any atom is 0.263 e. The lowest BCUT2D eigenvalue weighted by molar-refractivity contribution is 0.245. The number of aromatic nitrogens is 1. The second kappa shape index (κ2) is 6.57. The Labute approximate surface area is 117 Å². The van der Waals surface area contributed by atoms with Crippen molar-refractivity contribution in [2.24, 2.45) is 0 Å². The number of halogens is 1. The van der Waals surface area contributed by atoms with Crippen LogP contribution in [0.2, 0.25) is 0 Å². The van der Waals surface area contributed by atoms with E-state index in [1.165, 1.54) is 12.3 Å². The van der Waals surface area contributed by atoms with Crippen LogP contribution in [0.3, 0.4) is 0 Å². The molecule has 1 atom stereocenters. The zero-order valence-electron chi connectivity index (χ0n) is 11.0. The summed E-state index contributed by atoms with van der Waals surface area (Å²) < 4.78 is 39.6. The monoisotopic (exact) mass is 303 g/mol. The van der Waals surface area contributed by atoms with E-state index in [1.54, 1.807) is 0 Å². The summed E-state index contributed by atoms with van der Waals surface area (Å²) in [6.07, 6.45) is 3.08. The van der Waals surface area contributed by atoms with Gasteiger partial charge in [-0.3, -0.25) is 0 Å². The molecule has 8 heteroatoms. The second-order valence-corrected chi connectivity index (χ2v) is 6.52. The highest BCUT2D eigenvalue weighted by molar-refractivity contribution is 7.89. The Kier molecular flexibility index (Phi) is 5.03. The minimum atomic E-state index is -4.03. The highest BCUT2D eigenvalue weighted by Crippen LogP contribution is 2.18. The Balaban J connectivity index is 2.24. The standard InChI is InChI=1S/C12H18FN3O3S/c13-11-4-2-6-15-12(11)20(18,19)16(7-8-17)9-10-3-1-5-14-10/h2,4,6,10,14,17H,1,3,5,7-9H2. The molecule has 6 nitrogen and oxygen atoms in total. The van der Waals surface area contributed by atoms with Crippen molar-refractivity contribution in [1.82, 2.24) is 14.6 Å². The van der Waals surface area contributed by atoms with Gasteiger partial charge in [0.05, 0.1) is 6.61 Å². The molecular weight excluding hydrogens is 285 g/mol. The van der Waals surface area contributed by atoms with Crippen LogP contribution in [0.25, 0.3) is 0 Å². The maximum absolute atomic E-state index is 13.7. The summed E-state index contributed by atoms with van der Waals surface area (Å²) in [5.41, 5.74) is 0. The number of aliphatic hydroxyl groups excluding tert-OH is 1. The van der Waals surface area contributed by atoms with Crippen molar-refractivity contribution in [3.8, 4) is 0 Å². The number of nitrogens with zero attached hydrogens (tertiary/aromatic N) is 2. The molecule has 0 bridgehead atoms. The van der Waals surface area contributed by atoms with Gasteiger partial charge in [0.2, 0.25) is 5.03 Å². The summed E-state index contributed by atoms with van der Waals surface area (Å²) in [5.74, 6) is -0.880. The molecule has 2 N–H and O–H groups in total. The van der Waals surface area contributed by atoms with Gasteiger partial charge in [0.1, 0.15) is 0 Å². The summed E-state index contributed by atoms with van der Waals surface area (Å²) in [4.78, 5) is 3.62. The van der Waals surface area contributed by atoms with Crippen molar-refractivity contribution in [1.29, 1.82) is 0 Å². The molecule has 2 heterocycles. The van der Waals surface area contributed by atoms with Gasteiger partial charge in [-0.25, -0.2) is 17.8 Å². The van der Waals surface area contributed by atoms with Crippen LogP contribution in [0, 0.1) is 5.82 Å². The highest BCUT2D eigenvalue weighted by atomic mass is 32.2. The third kappa shape index (κ3) is 3.32. The minimum Gasteiger partial charge on any atom is -0.395 e. The van der Waals surface area contributed by atoms with Gasteiger partial charge in [-0.1, -0.05) is 0 Å². The molecule has 0 spiro atoms. The van der Waals surface area contributed by atoms with Gasteiger partial charge in [0.15, 0.2) is 5.82 Å². The molecule has 1 fully saturated rings. The Morgan fingerprint density at radius 1 is 1.55 bits per heavy atom. The van der Waals surface area contributed by atoms with E-state index >= 15 is 0 Å². The number of rotatable bonds is 6. The van der Waals surface area contributed by atoms with Crippen LogP contribution >= 0.6 is 0 Å². The maximum atomic E-state index is 13.7. The molecule has 0 radical (unpaired) electrons. The zero-order valence-corrected chi connectivity index (χ0v) is 11.8. The summed E-state index contributed by atoms with van der Waals surface area (Å²) in [6.45, 7) is 0.658. The summed E-state index contributed by atoms with van der Waals surface area (Å²) in [7, 11) is -4.03. The molecule has 1 aromatic rings. The van der Waals surface area contributed by atoms with Gasteiger partial charge >= 0.3 is 0 Å². The van der Waals surface area contributed by atoms with Gasteiger partial charge in [0.25, 0.3) is 10.0 Å². The summed E-state index contributed by atoms with van der Waals surface area (Å²) in [6, 6.07) is 2.43. The summed E-state index contributed by atoms with van der Waals surface area (Å²) in [5, 5.41) is 11.6. The fraction of sp³-hybridized carbons (Fsp3) is 0.583. The highest BCUT2D eigenvalue weighted by Gasteiger charge is 2.31. The first-order valence-corrected chi connectivity index (χ1v) is 7.94. The van der Waals surface area contributed by atoms with Crippen LogP contribution < -0.4 is 5.32 Å². The molecule has 0 aliphatic carbocycles. The van der Waals surface area contributed by atoms with Crippen LogP contribution in [0.1, 0.15) is 12.8 Å². The van der Waals surface area contributed by atoms with E-state index in [1.807, 2.05) is 0 Å². The van der Waals surface area contributed by atoms with E-state index in [2.05, 4.69) is 10.3 Å². The van der Waals surface area contributed by atoms with Crippen molar-refractivity contribution in [3.63, 3.8) is 0 Å². The fourth-order valence-electron chi connectivity index (χ4n) is 2.26. The third-order valence-electron chi connectivity index (χ3n) is 3.24. The first kappa shape index (κ1) is 15.3. The number of nitrogens with one attached hydrogen (secondary N) is 1. The van der Waals surface area contributed by atoms with Crippen LogP contribution in [0.4, 0.5) is 4.39 Å². The Bertz CT molecular complexity index is 547. The van der Waals surface area contributed by atoms with Crippen LogP contribution in [0.15, 0.2) is 23.4 Å². The Morgan fingerprint density at radius 2 is 2.35 bits per heavy atom. The molecule has 20 heavy (non-hydrogen) atoms. The van der Waals surface area contributed by atoms with E-state index < -0.39 is 20.9 Å². The predicted octanol–water partition coefficient (Wildman–Crippen LogP) is -0.0443. The molecule has 1 aromatic heterocycles. The van der Waals surface area contributed by atoms with E-state index in [-0.39, 0.29) is 25.7 Å². The van der Waals surface area contributed by atoms with Crippen molar-refractivity contribution in [2.45, 2.75) is 23.9 Å². The lowest BCUT2D eigenvalue weighted by atomic mass is 10.2. The van der Waals surface area contributed by atoms with Gasteiger partial charge in [-0.2, -0.15) is 4.31 Å². The predicted molar refractivity (Wildman–Crippen MR) is 71.1 cm³/mol. The van der Waals surface area contributed by atoms with Crippen molar-refractivity contribution in [2.75, 3.05) is 26.2 Å². The van der Waals surface area contributed by atoms with E-state index in [4.69, 9.17) is 5.11 Å². The SMILES string of the molecule is O=S(=O)(c1ncccc1F)N(CCO)CC1CCCN1. The molecule has 0 saturated carbocycles. The molecule has 112 valence electrons. The van der Waals surface area contributed by atoms with Gasteiger partial charge in [-0.05, 0) is 31.5 Å². The smallest absolute Gasteiger partial charge is 0.263 e. The topological polar surface area (TPSA) is 82.5 Å². The molecule has 0 aromatic carbocycles. The van der Waals surface area contributed by atoms with E-state index in [9.17, 15) is 12.8 Å². The first-order valence-electron chi connectivity index (χ1n) is 6.50. The molecule has 2 rings (SSSR count). The normalized spacial score (nSPS) is 19.6. The number of sulfonamides is 1. The Morgan fingerprint density at radius 3 is 2.95 bits per heavy atom. The van der Waals surface area contributed by atoms with Gasteiger partial charge in [-0.15, -0.1) is 0 Å². The van der Waals surface area contributed by atoms with Crippen LogP contribution in [-0.4, -0.2) is 55.1 Å². The number of hydrogen-bond acceptors (Lipinski definition) is 5. The quantitative estimate of drug-likeness (QED) is 0.770. The lowest BCUT2D eigenvalue weighted by Gasteiger charge is -2.24. The molecular formula is C12H18FN3O3S. The first-order chi connectivity index (χ1) is 9.55. The lowest BCUT2D eigenvalue weighted by Crippen LogP contribution is -2.42. The molecule has 1 aliphatic rings. The molecule has 1 unspecified atom stereocenters. The average Bonchev–Trinajstić information content (AvgIpc) is 2.91. The zero-order chi connectivity index (χ0) is 14.6. The van der Waals surface area contributed by atoms with Gasteiger partial charge in [0, 0.05) is 25.3 Å². The van der Waals surface area contributed by atoms with Crippen molar-refractivity contribution < 1.29 is 17.9 Å². The van der Waals surface area contributed by atoms with Crippen LogP contribution in [-0.2, 0) is 10.0 Å². The molecule has 1 aliphatic heterocycles. The second-order valence-electron chi connectivity index (χ2n) is 4.67. The fourth-order valence-corrected chi connectivity index (χ4v) is 3.71. The average molecular weight is 303 g/mol. The number of aliphatic hydroxyl groups is 1. The van der Waals surface area contributed by atoms with Crippen molar-refractivity contribution >= 4 is 10.0 Å². The largest absolute Gasteiger partial charge is 0.395 e. The van der Waals surface area contributed by atoms with Crippen molar-refractivity contribution in [3.05, 3.63) is 24.1 Å². The molecule has 0 amide bonds. The summed E-state index contributed by atoms with van der Waals surface area (Å²) >= 11 is 0. The third-order valence-corrected chi connectivity index (χ3v) is 5.05. The number of pyridine rings is 1. The minimum absolute atomic E-state index is 0.0306. The Hall–Kier alpha value is -1.09. The van der Waals surface area contributed by atoms with E-state index in [0.717, 1.165) is 29.8 Å². The molecule has 1 saturated heterocycles. The van der Waals surface area contributed by atoms with Crippen LogP contribution in [0.5, 0.6) is 0 Å². The van der Waals surface area contributed by atoms with E-state index in [0.29, 0.717) is 0 Å². The number of hydrogen-bond donors (Lipinski definition) is 2. The van der Waals surface area contributed by atoms with Gasteiger partial charge < -0.3 is 10.4 Å².